The lowest BCUT2D eigenvalue weighted by atomic mass is 10.0. The Morgan fingerprint density at radius 2 is 2.05 bits per heavy atom. The van der Waals surface area contributed by atoms with Crippen molar-refractivity contribution in [1.29, 1.82) is 0 Å². The van der Waals surface area contributed by atoms with Crippen molar-refractivity contribution in [3.05, 3.63) is 18.2 Å². The molecule has 2 heterocycles. The van der Waals surface area contributed by atoms with Gasteiger partial charge in [-0.25, -0.2) is 4.98 Å². The number of hydrogen-bond donors (Lipinski definition) is 1. The Morgan fingerprint density at radius 3 is 2.70 bits per heavy atom. The highest BCUT2D eigenvalue weighted by atomic mass is 15.2. The van der Waals surface area contributed by atoms with Gasteiger partial charge in [-0.1, -0.05) is 6.07 Å². The van der Waals surface area contributed by atoms with Crippen molar-refractivity contribution < 1.29 is 0 Å². The summed E-state index contributed by atoms with van der Waals surface area (Å²) in [4.78, 5) is 9.50. The quantitative estimate of drug-likeness (QED) is 0.920. The van der Waals surface area contributed by atoms with Crippen LogP contribution < -0.4 is 10.2 Å². The molecule has 1 unspecified atom stereocenters. The van der Waals surface area contributed by atoms with Gasteiger partial charge in [0.25, 0.3) is 0 Å². The highest BCUT2D eigenvalue weighted by molar-refractivity contribution is 5.48. The first kappa shape index (κ1) is 15.1. The molecule has 1 atom stereocenters. The molecule has 0 aromatic carbocycles. The standard InChI is InChI=1S/C16H28N4/c1-16(2,3)18-14-9-6-10-15(17-14)20-11-7-8-13(12-20)19(4)5/h6,9-10,13H,7-8,11-12H2,1-5H3,(H,17,18). The topological polar surface area (TPSA) is 31.4 Å². The molecule has 20 heavy (non-hydrogen) atoms. The normalized spacial score (nSPS) is 20.3. The summed E-state index contributed by atoms with van der Waals surface area (Å²) in [6.45, 7) is 8.65. The Balaban J connectivity index is 2.10. The smallest absolute Gasteiger partial charge is 0.131 e. The van der Waals surface area contributed by atoms with E-state index < -0.39 is 0 Å². The van der Waals surface area contributed by atoms with E-state index in [1.54, 1.807) is 0 Å². The average Bonchev–Trinajstić information content (AvgIpc) is 2.37. The fourth-order valence-corrected chi connectivity index (χ4v) is 2.64. The van der Waals surface area contributed by atoms with Crippen LogP contribution in [0.15, 0.2) is 18.2 Å². The van der Waals surface area contributed by atoms with E-state index in [4.69, 9.17) is 4.98 Å². The largest absolute Gasteiger partial charge is 0.365 e. The molecule has 4 heteroatoms. The third kappa shape index (κ3) is 4.10. The molecule has 4 nitrogen and oxygen atoms in total. The average molecular weight is 276 g/mol. The highest BCUT2D eigenvalue weighted by Gasteiger charge is 2.22. The van der Waals surface area contributed by atoms with E-state index in [1.807, 2.05) is 6.07 Å². The predicted molar refractivity (Wildman–Crippen MR) is 86.5 cm³/mol. The number of piperidine rings is 1. The van der Waals surface area contributed by atoms with Crippen LogP contribution in [0, 0.1) is 0 Å². The van der Waals surface area contributed by atoms with Crippen molar-refractivity contribution in [1.82, 2.24) is 9.88 Å². The van der Waals surface area contributed by atoms with Gasteiger partial charge in [0.05, 0.1) is 0 Å². The molecule has 2 rings (SSSR count). The molecule has 1 aromatic rings. The van der Waals surface area contributed by atoms with Crippen molar-refractivity contribution in [2.75, 3.05) is 37.4 Å². The molecule has 0 saturated carbocycles. The highest BCUT2D eigenvalue weighted by Crippen LogP contribution is 2.22. The first-order valence-electron chi connectivity index (χ1n) is 7.52. The molecule has 1 fully saturated rings. The van der Waals surface area contributed by atoms with Gasteiger partial charge in [-0.15, -0.1) is 0 Å². The second-order valence-electron chi connectivity index (χ2n) is 6.96. The summed E-state index contributed by atoms with van der Waals surface area (Å²) < 4.78 is 0. The Kier molecular flexibility index (Phi) is 4.53. The van der Waals surface area contributed by atoms with Gasteiger partial charge >= 0.3 is 0 Å². The molecule has 112 valence electrons. The monoisotopic (exact) mass is 276 g/mol. The fraction of sp³-hybridized carbons (Fsp3) is 0.688. The van der Waals surface area contributed by atoms with Crippen LogP contribution in [0.5, 0.6) is 0 Å². The Labute approximate surface area is 123 Å². The minimum absolute atomic E-state index is 0.0414. The molecule has 0 radical (unpaired) electrons. The van der Waals surface area contributed by atoms with Gasteiger partial charge in [0.15, 0.2) is 0 Å². The third-order valence-corrected chi connectivity index (χ3v) is 3.69. The lowest BCUT2D eigenvalue weighted by Gasteiger charge is -2.37. The van der Waals surface area contributed by atoms with Crippen LogP contribution in [0.4, 0.5) is 11.6 Å². The van der Waals surface area contributed by atoms with Crippen molar-refractivity contribution >= 4 is 11.6 Å². The number of rotatable bonds is 3. The van der Waals surface area contributed by atoms with Crippen LogP contribution in [-0.4, -0.2) is 48.6 Å². The van der Waals surface area contributed by atoms with Crippen molar-refractivity contribution in [2.45, 2.75) is 45.2 Å². The summed E-state index contributed by atoms with van der Waals surface area (Å²) in [7, 11) is 4.33. The van der Waals surface area contributed by atoms with Crippen LogP contribution in [-0.2, 0) is 0 Å². The van der Waals surface area contributed by atoms with Gasteiger partial charge in [0.2, 0.25) is 0 Å². The maximum absolute atomic E-state index is 4.77. The molecular formula is C16H28N4. The summed E-state index contributed by atoms with van der Waals surface area (Å²) >= 11 is 0. The van der Waals surface area contributed by atoms with E-state index in [0.717, 1.165) is 24.7 Å². The predicted octanol–water partition coefficient (Wildman–Crippen LogP) is 2.82. The van der Waals surface area contributed by atoms with E-state index in [2.05, 4.69) is 62.1 Å². The van der Waals surface area contributed by atoms with Gasteiger partial charge < -0.3 is 15.1 Å². The molecule has 1 aliphatic rings. The molecule has 1 saturated heterocycles. The number of hydrogen-bond acceptors (Lipinski definition) is 4. The molecule has 1 N–H and O–H groups in total. The second kappa shape index (κ2) is 6.00. The minimum atomic E-state index is 0.0414. The molecule has 1 aliphatic heterocycles. The lowest BCUT2D eigenvalue weighted by molar-refractivity contribution is 0.257. The first-order chi connectivity index (χ1) is 9.35. The number of aromatic nitrogens is 1. The van der Waals surface area contributed by atoms with Crippen LogP contribution in [0.3, 0.4) is 0 Å². The molecule has 0 bridgehead atoms. The summed E-state index contributed by atoms with van der Waals surface area (Å²) in [5, 5.41) is 3.45. The SMILES string of the molecule is CN(C)C1CCCN(c2cccc(NC(C)(C)C)n2)C1. The van der Waals surface area contributed by atoms with Gasteiger partial charge in [0.1, 0.15) is 11.6 Å². The van der Waals surface area contributed by atoms with E-state index in [9.17, 15) is 0 Å². The summed E-state index contributed by atoms with van der Waals surface area (Å²) in [6, 6.07) is 6.88. The number of anilines is 2. The zero-order valence-electron chi connectivity index (χ0n) is 13.5. The summed E-state index contributed by atoms with van der Waals surface area (Å²) in [6.07, 6.45) is 2.52. The zero-order valence-corrected chi connectivity index (χ0v) is 13.5. The Bertz CT molecular complexity index is 436. The zero-order chi connectivity index (χ0) is 14.8. The Hall–Kier alpha value is -1.29. The van der Waals surface area contributed by atoms with Crippen molar-refractivity contribution in [3.8, 4) is 0 Å². The molecule has 0 amide bonds. The van der Waals surface area contributed by atoms with Crippen molar-refractivity contribution in [2.24, 2.45) is 0 Å². The number of likely N-dealkylation sites (N-methyl/N-ethyl adjacent to an activating group) is 1. The summed E-state index contributed by atoms with van der Waals surface area (Å²) in [5.41, 5.74) is 0.0414. The van der Waals surface area contributed by atoms with Crippen LogP contribution in [0.2, 0.25) is 0 Å². The van der Waals surface area contributed by atoms with Crippen LogP contribution >= 0.6 is 0 Å². The molecule has 0 spiro atoms. The van der Waals surface area contributed by atoms with Gasteiger partial charge in [0, 0.05) is 24.7 Å². The maximum Gasteiger partial charge on any atom is 0.131 e. The van der Waals surface area contributed by atoms with Crippen molar-refractivity contribution in [3.63, 3.8) is 0 Å². The third-order valence-electron chi connectivity index (χ3n) is 3.69. The van der Waals surface area contributed by atoms with Crippen LogP contribution in [0.25, 0.3) is 0 Å². The van der Waals surface area contributed by atoms with E-state index in [0.29, 0.717) is 6.04 Å². The minimum Gasteiger partial charge on any atom is -0.365 e. The first-order valence-corrected chi connectivity index (χ1v) is 7.52. The number of nitrogens with one attached hydrogen (secondary N) is 1. The Morgan fingerprint density at radius 1 is 1.30 bits per heavy atom. The molecule has 1 aromatic heterocycles. The van der Waals surface area contributed by atoms with E-state index >= 15 is 0 Å². The van der Waals surface area contributed by atoms with E-state index in [1.165, 1.54) is 12.8 Å². The van der Waals surface area contributed by atoms with Crippen LogP contribution in [0.1, 0.15) is 33.6 Å². The number of nitrogens with zero attached hydrogens (tertiary/aromatic N) is 3. The maximum atomic E-state index is 4.77. The van der Waals surface area contributed by atoms with Gasteiger partial charge in [-0.05, 0) is 59.8 Å². The molecular weight excluding hydrogens is 248 g/mol. The molecule has 0 aliphatic carbocycles. The van der Waals surface area contributed by atoms with Gasteiger partial charge in [-0.2, -0.15) is 0 Å². The lowest BCUT2D eigenvalue weighted by Crippen LogP contribution is -2.45. The second-order valence-corrected chi connectivity index (χ2v) is 6.96. The number of pyridine rings is 1. The fourth-order valence-electron chi connectivity index (χ4n) is 2.64. The van der Waals surface area contributed by atoms with E-state index in [-0.39, 0.29) is 5.54 Å². The summed E-state index contributed by atoms with van der Waals surface area (Å²) in [5.74, 6) is 2.05. The van der Waals surface area contributed by atoms with Gasteiger partial charge in [-0.3, -0.25) is 0 Å².